The molecule has 0 bridgehead atoms. The van der Waals surface area contributed by atoms with Gasteiger partial charge in [-0.15, -0.1) is 0 Å². The predicted octanol–water partition coefficient (Wildman–Crippen LogP) is 2.32. The highest BCUT2D eigenvalue weighted by molar-refractivity contribution is 6.10. The van der Waals surface area contributed by atoms with E-state index in [1.54, 1.807) is 0 Å². The Balaban J connectivity index is 3.23. The van der Waals surface area contributed by atoms with Gasteiger partial charge in [-0.25, -0.2) is 18.0 Å². The third kappa shape index (κ3) is 2.72. The van der Waals surface area contributed by atoms with E-state index in [1.165, 1.54) is 0 Å². The van der Waals surface area contributed by atoms with E-state index in [0.29, 0.717) is 12.1 Å². The summed E-state index contributed by atoms with van der Waals surface area (Å²) in [6, 6.07) is 1.36. The highest BCUT2D eigenvalue weighted by Crippen LogP contribution is 2.18. The second kappa shape index (κ2) is 4.82. The van der Waals surface area contributed by atoms with Crippen LogP contribution in [0.4, 0.5) is 13.2 Å². The molecule has 0 aliphatic heterocycles. The molecule has 1 rings (SSSR count). The number of carboxylic acids is 1. The average molecular weight is 244 g/mol. The summed E-state index contributed by atoms with van der Waals surface area (Å²) in [5, 5.41) is 8.39. The van der Waals surface area contributed by atoms with E-state index in [9.17, 15) is 22.8 Å². The highest BCUT2D eigenvalue weighted by atomic mass is 19.2. The van der Waals surface area contributed by atoms with Crippen molar-refractivity contribution < 1.29 is 27.9 Å². The molecular formula is C11H7F3O3. The smallest absolute Gasteiger partial charge is 0.328 e. The second-order valence-electron chi connectivity index (χ2n) is 3.22. The van der Waals surface area contributed by atoms with Gasteiger partial charge in [-0.1, -0.05) is 0 Å². The maximum absolute atomic E-state index is 13.2. The van der Waals surface area contributed by atoms with Crippen LogP contribution in [-0.4, -0.2) is 16.9 Å². The summed E-state index contributed by atoms with van der Waals surface area (Å²) in [6.07, 6.45) is 0.559. The number of carbonyl (C=O) groups excluding carboxylic acids is 1. The monoisotopic (exact) mass is 244 g/mol. The summed E-state index contributed by atoms with van der Waals surface area (Å²) >= 11 is 0. The molecule has 6 heteroatoms. The number of allylic oxidation sites excluding steroid dienone is 1. The van der Waals surface area contributed by atoms with Crippen LogP contribution in [-0.2, 0) is 4.79 Å². The van der Waals surface area contributed by atoms with Gasteiger partial charge in [0, 0.05) is 11.6 Å². The third-order valence-corrected chi connectivity index (χ3v) is 1.98. The Hall–Kier alpha value is -2.11. The van der Waals surface area contributed by atoms with Gasteiger partial charge in [0.25, 0.3) is 0 Å². The first-order chi connectivity index (χ1) is 7.84. The lowest BCUT2D eigenvalue weighted by Gasteiger charge is -2.03. The Morgan fingerprint density at radius 2 is 1.76 bits per heavy atom. The zero-order chi connectivity index (χ0) is 13.2. The second-order valence-corrected chi connectivity index (χ2v) is 3.22. The van der Waals surface area contributed by atoms with Crippen molar-refractivity contribution in [3.8, 4) is 0 Å². The van der Waals surface area contributed by atoms with E-state index < -0.39 is 34.8 Å². The van der Waals surface area contributed by atoms with Gasteiger partial charge in [-0.05, 0) is 19.1 Å². The van der Waals surface area contributed by atoms with E-state index in [0.717, 1.165) is 13.0 Å². The number of halogens is 3. The fraction of sp³-hybridized carbons (Fsp3) is 0.0909. The van der Waals surface area contributed by atoms with Gasteiger partial charge < -0.3 is 5.11 Å². The van der Waals surface area contributed by atoms with Gasteiger partial charge in [-0.2, -0.15) is 0 Å². The lowest BCUT2D eigenvalue weighted by Crippen LogP contribution is -2.08. The van der Waals surface area contributed by atoms with Crippen LogP contribution >= 0.6 is 0 Å². The maximum atomic E-state index is 13.2. The van der Waals surface area contributed by atoms with Crippen LogP contribution in [0.5, 0.6) is 0 Å². The van der Waals surface area contributed by atoms with Crippen LogP contribution in [0.15, 0.2) is 23.8 Å². The van der Waals surface area contributed by atoms with E-state index in [2.05, 4.69) is 0 Å². The van der Waals surface area contributed by atoms with Gasteiger partial charge in [0.2, 0.25) is 0 Å². The molecule has 17 heavy (non-hydrogen) atoms. The fourth-order valence-electron chi connectivity index (χ4n) is 1.16. The minimum atomic E-state index is -1.76. The molecule has 0 unspecified atom stereocenters. The SMILES string of the molecule is C/C(=C\C(=O)O)C(=O)c1ccc(F)c(F)c1F. The van der Waals surface area contributed by atoms with Crippen LogP contribution in [0.25, 0.3) is 0 Å². The minimum absolute atomic E-state index is 0.289. The van der Waals surface area contributed by atoms with Crippen molar-refractivity contribution in [2.75, 3.05) is 0 Å². The van der Waals surface area contributed by atoms with Gasteiger partial charge in [0.1, 0.15) is 0 Å². The van der Waals surface area contributed by atoms with Gasteiger partial charge in [0.15, 0.2) is 23.2 Å². The molecule has 0 atom stereocenters. The number of benzene rings is 1. The largest absolute Gasteiger partial charge is 0.478 e. The summed E-state index contributed by atoms with van der Waals surface area (Å²) in [4.78, 5) is 21.8. The molecule has 1 N–H and O–H groups in total. The first kappa shape index (κ1) is 13.0. The van der Waals surface area contributed by atoms with Crippen molar-refractivity contribution >= 4 is 11.8 Å². The first-order valence-corrected chi connectivity index (χ1v) is 4.44. The van der Waals surface area contributed by atoms with Crippen molar-refractivity contribution in [3.05, 3.63) is 46.8 Å². The van der Waals surface area contributed by atoms with Crippen molar-refractivity contribution in [2.24, 2.45) is 0 Å². The Bertz CT molecular complexity index is 521. The van der Waals surface area contributed by atoms with E-state index in [4.69, 9.17) is 5.11 Å². The molecule has 0 aliphatic rings. The minimum Gasteiger partial charge on any atom is -0.478 e. The molecule has 0 saturated heterocycles. The number of carboxylic acid groups (broad SMARTS) is 1. The number of carbonyl (C=O) groups is 2. The summed E-state index contributed by atoms with van der Waals surface area (Å²) < 4.78 is 38.6. The third-order valence-electron chi connectivity index (χ3n) is 1.98. The molecule has 0 saturated carbocycles. The van der Waals surface area contributed by atoms with E-state index in [1.807, 2.05) is 0 Å². The number of rotatable bonds is 3. The molecule has 0 heterocycles. The molecule has 0 fully saturated rings. The molecule has 90 valence electrons. The zero-order valence-electron chi connectivity index (χ0n) is 8.63. The Morgan fingerprint density at radius 1 is 1.18 bits per heavy atom. The Kier molecular flexibility index (Phi) is 3.67. The van der Waals surface area contributed by atoms with E-state index >= 15 is 0 Å². The van der Waals surface area contributed by atoms with E-state index in [-0.39, 0.29) is 5.57 Å². The number of hydrogen-bond donors (Lipinski definition) is 1. The van der Waals surface area contributed by atoms with Crippen molar-refractivity contribution in [1.29, 1.82) is 0 Å². The lowest BCUT2D eigenvalue weighted by molar-refractivity contribution is -0.131. The molecule has 1 aromatic carbocycles. The molecular weight excluding hydrogens is 237 g/mol. The van der Waals surface area contributed by atoms with Gasteiger partial charge >= 0.3 is 5.97 Å². The summed E-state index contributed by atoms with van der Waals surface area (Å²) in [6.45, 7) is 1.14. The molecule has 0 radical (unpaired) electrons. The van der Waals surface area contributed by atoms with Crippen LogP contribution in [0.1, 0.15) is 17.3 Å². The molecule has 0 aliphatic carbocycles. The first-order valence-electron chi connectivity index (χ1n) is 4.44. The molecule has 0 amide bonds. The molecule has 1 aromatic rings. The number of hydrogen-bond acceptors (Lipinski definition) is 2. The molecule has 0 spiro atoms. The predicted molar refractivity (Wildman–Crippen MR) is 52.0 cm³/mol. The summed E-state index contributed by atoms with van der Waals surface area (Å²) in [5.74, 6) is -7.21. The normalized spacial score (nSPS) is 11.4. The zero-order valence-corrected chi connectivity index (χ0v) is 8.63. The van der Waals surface area contributed by atoms with Crippen molar-refractivity contribution in [2.45, 2.75) is 6.92 Å². The van der Waals surface area contributed by atoms with Crippen LogP contribution in [0.2, 0.25) is 0 Å². The van der Waals surface area contributed by atoms with Crippen LogP contribution in [0, 0.1) is 17.5 Å². The van der Waals surface area contributed by atoms with Crippen molar-refractivity contribution in [3.63, 3.8) is 0 Å². The molecule has 3 nitrogen and oxygen atoms in total. The lowest BCUT2D eigenvalue weighted by atomic mass is 10.0. The van der Waals surface area contributed by atoms with Crippen molar-refractivity contribution in [1.82, 2.24) is 0 Å². The van der Waals surface area contributed by atoms with Gasteiger partial charge in [-0.3, -0.25) is 4.79 Å². The standard InChI is InChI=1S/C11H7F3O3/c1-5(4-8(15)16)11(17)6-2-3-7(12)10(14)9(6)13/h2-4H,1H3,(H,15,16)/b5-4+. The van der Waals surface area contributed by atoms with Crippen LogP contribution < -0.4 is 0 Å². The number of ketones is 1. The van der Waals surface area contributed by atoms with Gasteiger partial charge in [0.05, 0.1) is 5.56 Å². The highest BCUT2D eigenvalue weighted by Gasteiger charge is 2.19. The summed E-state index contributed by atoms with van der Waals surface area (Å²) in [5.41, 5.74) is -0.999. The number of aliphatic carboxylic acids is 1. The summed E-state index contributed by atoms with van der Waals surface area (Å²) in [7, 11) is 0. The average Bonchev–Trinajstić information content (AvgIpc) is 2.24. The number of Topliss-reactive ketones (excluding diaryl/α,β-unsaturated/α-hetero) is 1. The quantitative estimate of drug-likeness (QED) is 0.504. The maximum Gasteiger partial charge on any atom is 0.328 e. The Labute approximate surface area is 94.2 Å². The topological polar surface area (TPSA) is 54.4 Å². The molecule has 0 aromatic heterocycles. The fourth-order valence-corrected chi connectivity index (χ4v) is 1.16. The van der Waals surface area contributed by atoms with Crippen LogP contribution in [0.3, 0.4) is 0 Å². The Morgan fingerprint density at radius 3 is 2.29 bits per heavy atom.